The molecule has 0 radical (unpaired) electrons. The Morgan fingerprint density at radius 2 is 2.00 bits per heavy atom. The van der Waals surface area contributed by atoms with Crippen LogP contribution < -0.4 is 4.74 Å². The van der Waals surface area contributed by atoms with E-state index in [4.69, 9.17) is 4.74 Å². The standard InChI is InChI=1S/C16H18FNOS/c1-10(2)9-14-15(18-16(17)20-14)11-3-5-12(6-4-11)19-13-7-8-13/h3-6,10,13H,7-9H2,1-2H3. The summed E-state index contributed by atoms with van der Waals surface area (Å²) >= 11 is 1.15. The van der Waals surface area contributed by atoms with Gasteiger partial charge in [0.2, 0.25) is 0 Å². The Hall–Kier alpha value is -1.42. The zero-order chi connectivity index (χ0) is 14.1. The third kappa shape index (κ3) is 3.18. The van der Waals surface area contributed by atoms with Crippen LogP contribution in [0, 0.1) is 11.2 Å². The van der Waals surface area contributed by atoms with Crippen LogP contribution in [-0.2, 0) is 6.42 Å². The maximum Gasteiger partial charge on any atom is 0.269 e. The van der Waals surface area contributed by atoms with E-state index in [0.717, 1.165) is 52.5 Å². The van der Waals surface area contributed by atoms with Gasteiger partial charge in [0.25, 0.3) is 5.26 Å². The van der Waals surface area contributed by atoms with Gasteiger partial charge >= 0.3 is 0 Å². The molecule has 106 valence electrons. The number of hydrogen-bond acceptors (Lipinski definition) is 3. The first-order valence-corrected chi connectivity index (χ1v) is 7.86. The molecule has 0 saturated heterocycles. The third-order valence-corrected chi connectivity index (χ3v) is 4.09. The Labute approximate surface area is 122 Å². The molecule has 1 saturated carbocycles. The van der Waals surface area contributed by atoms with E-state index in [2.05, 4.69) is 18.8 Å². The first-order valence-electron chi connectivity index (χ1n) is 7.04. The molecule has 2 nitrogen and oxygen atoms in total. The highest BCUT2D eigenvalue weighted by atomic mass is 32.1. The fourth-order valence-electron chi connectivity index (χ4n) is 2.13. The van der Waals surface area contributed by atoms with Crippen molar-refractivity contribution in [1.29, 1.82) is 0 Å². The molecule has 0 atom stereocenters. The van der Waals surface area contributed by atoms with Crippen LogP contribution >= 0.6 is 11.3 Å². The number of halogens is 1. The predicted molar refractivity (Wildman–Crippen MR) is 79.7 cm³/mol. The molecule has 0 bridgehead atoms. The minimum atomic E-state index is -0.353. The van der Waals surface area contributed by atoms with Gasteiger partial charge in [-0.25, -0.2) is 4.98 Å². The summed E-state index contributed by atoms with van der Waals surface area (Å²) < 4.78 is 19.2. The van der Waals surface area contributed by atoms with Crippen LogP contribution in [0.4, 0.5) is 4.39 Å². The first-order chi connectivity index (χ1) is 9.61. The van der Waals surface area contributed by atoms with Gasteiger partial charge in [0.1, 0.15) is 5.75 Å². The lowest BCUT2D eigenvalue weighted by molar-refractivity contribution is 0.303. The first kappa shape index (κ1) is 13.6. The van der Waals surface area contributed by atoms with Gasteiger partial charge < -0.3 is 4.74 Å². The summed E-state index contributed by atoms with van der Waals surface area (Å²) in [5.41, 5.74) is 1.74. The highest BCUT2D eigenvalue weighted by molar-refractivity contribution is 7.10. The molecule has 1 aromatic heterocycles. The monoisotopic (exact) mass is 291 g/mol. The molecule has 0 aliphatic heterocycles. The Kier molecular flexibility index (Phi) is 3.74. The maximum atomic E-state index is 13.5. The van der Waals surface area contributed by atoms with Crippen LogP contribution in [0.15, 0.2) is 24.3 Å². The van der Waals surface area contributed by atoms with Crippen molar-refractivity contribution >= 4 is 11.3 Å². The van der Waals surface area contributed by atoms with Gasteiger partial charge in [0.05, 0.1) is 11.8 Å². The average Bonchev–Trinajstić information content (AvgIpc) is 3.13. The van der Waals surface area contributed by atoms with Crippen molar-refractivity contribution in [1.82, 2.24) is 4.98 Å². The van der Waals surface area contributed by atoms with Gasteiger partial charge in [-0.15, -0.1) is 0 Å². The van der Waals surface area contributed by atoms with Crippen molar-refractivity contribution in [2.75, 3.05) is 0 Å². The second-order valence-corrected chi connectivity index (χ2v) is 6.71. The molecular weight excluding hydrogens is 273 g/mol. The molecule has 2 aromatic rings. The van der Waals surface area contributed by atoms with Gasteiger partial charge in [-0.1, -0.05) is 25.2 Å². The van der Waals surface area contributed by atoms with E-state index in [-0.39, 0.29) is 5.26 Å². The molecule has 1 aliphatic carbocycles. The Morgan fingerprint density at radius 1 is 1.30 bits per heavy atom. The smallest absolute Gasteiger partial charge is 0.269 e. The molecule has 1 aliphatic rings. The molecule has 1 fully saturated rings. The van der Waals surface area contributed by atoms with Crippen molar-refractivity contribution < 1.29 is 9.13 Å². The minimum absolute atomic E-state index is 0.353. The van der Waals surface area contributed by atoms with Crippen LogP contribution in [0.1, 0.15) is 31.6 Å². The van der Waals surface area contributed by atoms with Gasteiger partial charge in [-0.2, -0.15) is 4.39 Å². The van der Waals surface area contributed by atoms with Crippen LogP contribution in [0.2, 0.25) is 0 Å². The van der Waals surface area contributed by atoms with E-state index in [1.807, 2.05) is 24.3 Å². The Morgan fingerprint density at radius 3 is 2.60 bits per heavy atom. The van der Waals surface area contributed by atoms with E-state index in [9.17, 15) is 4.39 Å². The van der Waals surface area contributed by atoms with E-state index in [1.165, 1.54) is 0 Å². The van der Waals surface area contributed by atoms with Crippen molar-refractivity contribution in [2.45, 2.75) is 39.2 Å². The van der Waals surface area contributed by atoms with Crippen LogP contribution in [0.3, 0.4) is 0 Å². The maximum absolute atomic E-state index is 13.5. The molecule has 0 unspecified atom stereocenters. The summed E-state index contributed by atoms with van der Waals surface area (Å²) in [5, 5.41) is -0.353. The van der Waals surface area contributed by atoms with Gasteiger partial charge in [0.15, 0.2) is 0 Å². The lowest BCUT2D eigenvalue weighted by Crippen LogP contribution is -1.96. The fraction of sp³-hybridized carbons (Fsp3) is 0.438. The SMILES string of the molecule is CC(C)Cc1sc(F)nc1-c1ccc(OC2CC2)cc1. The molecule has 0 N–H and O–H groups in total. The fourth-order valence-corrected chi connectivity index (χ4v) is 3.14. The van der Waals surface area contributed by atoms with E-state index in [0.29, 0.717) is 12.0 Å². The number of ether oxygens (including phenoxy) is 1. The predicted octanol–water partition coefficient (Wildman–Crippen LogP) is 4.69. The van der Waals surface area contributed by atoms with Crippen molar-refractivity contribution in [3.05, 3.63) is 34.4 Å². The average molecular weight is 291 g/mol. The Balaban J connectivity index is 1.83. The van der Waals surface area contributed by atoms with Crippen molar-refractivity contribution in [3.8, 4) is 17.0 Å². The summed E-state index contributed by atoms with van der Waals surface area (Å²) in [6.07, 6.45) is 3.56. The summed E-state index contributed by atoms with van der Waals surface area (Å²) in [6, 6.07) is 7.83. The summed E-state index contributed by atoms with van der Waals surface area (Å²) in [7, 11) is 0. The quantitative estimate of drug-likeness (QED) is 0.797. The van der Waals surface area contributed by atoms with E-state index < -0.39 is 0 Å². The number of nitrogens with zero attached hydrogens (tertiary/aromatic N) is 1. The summed E-state index contributed by atoms with van der Waals surface area (Å²) in [6.45, 7) is 4.27. The number of thiazole rings is 1. The minimum Gasteiger partial charge on any atom is -0.490 e. The number of benzene rings is 1. The molecule has 1 aromatic carbocycles. The third-order valence-electron chi connectivity index (χ3n) is 3.22. The normalized spacial score (nSPS) is 14.8. The van der Waals surface area contributed by atoms with Gasteiger partial charge in [-0.3, -0.25) is 0 Å². The second-order valence-electron chi connectivity index (χ2n) is 5.68. The number of rotatable bonds is 5. The zero-order valence-electron chi connectivity index (χ0n) is 11.7. The van der Waals surface area contributed by atoms with Crippen LogP contribution in [0.5, 0.6) is 5.75 Å². The highest BCUT2D eigenvalue weighted by Crippen LogP contribution is 2.32. The zero-order valence-corrected chi connectivity index (χ0v) is 12.5. The lowest BCUT2D eigenvalue weighted by atomic mass is 10.0. The Bertz CT molecular complexity index is 587. The summed E-state index contributed by atoms with van der Waals surface area (Å²) in [4.78, 5) is 5.07. The largest absolute Gasteiger partial charge is 0.490 e. The van der Waals surface area contributed by atoms with Crippen molar-refractivity contribution in [2.24, 2.45) is 5.92 Å². The highest BCUT2D eigenvalue weighted by Gasteiger charge is 2.23. The molecule has 1 heterocycles. The molecular formula is C16H18FNOS. The van der Waals surface area contributed by atoms with E-state index >= 15 is 0 Å². The lowest BCUT2D eigenvalue weighted by Gasteiger charge is -2.07. The second kappa shape index (κ2) is 5.52. The van der Waals surface area contributed by atoms with Crippen LogP contribution in [0.25, 0.3) is 11.3 Å². The number of hydrogen-bond donors (Lipinski definition) is 0. The van der Waals surface area contributed by atoms with Crippen molar-refractivity contribution in [3.63, 3.8) is 0 Å². The molecule has 0 amide bonds. The molecule has 4 heteroatoms. The molecule has 0 spiro atoms. The van der Waals surface area contributed by atoms with E-state index in [1.54, 1.807) is 0 Å². The van der Waals surface area contributed by atoms with Gasteiger partial charge in [-0.05, 0) is 49.4 Å². The summed E-state index contributed by atoms with van der Waals surface area (Å²) in [5.74, 6) is 1.38. The molecule has 3 rings (SSSR count). The topological polar surface area (TPSA) is 22.1 Å². The number of aromatic nitrogens is 1. The van der Waals surface area contributed by atoms with Crippen LogP contribution in [-0.4, -0.2) is 11.1 Å². The molecule has 20 heavy (non-hydrogen) atoms. The van der Waals surface area contributed by atoms with Gasteiger partial charge in [0, 0.05) is 10.4 Å².